The number of hydrogen-bond donors (Lipinski definition) is 0. The molecule has 0 saturated carbocycles. The summed E-state index contributed by atoms with van der Waals surface area (Å²) in [5.74, 6) is 0.678. The minimum absolute atomic E-state index is 0.161. The van der Waals surface area contributed by atoms with Gasteiger partial charge in [0.15, 0.2) is 5.82 Å². The average molecular weight is 965 g/mol. The zero-order valence-electron chi connectivity index (χ0n) is 43.3. The largest absolute Gasteiger partial charge is 0.256 e. The molecule has 13 rings (SSSR count). The van der Waals surface area contributed by atoms with Crippen molar-refractivity contribution in [2.75, 3.05) is 0 Å². The van der Waals surface area contributed by atoms with E-state index in [9.17, 15) is 0 Å². The Kier molecular flexibility index (Phi) is 10.8. The number of hydrogen-bond acceptors (Lipinski definition) is 4. The molecule has 0 spiro atoms. The van der Waals surface area contributed by atoms with Gasteiger partial charge in [-0.3, -0.25) is 9.97 Å². The molecule has 0 N–H and O–H groups in total. The van der Waals surface area contributed by atoms with E-state index < -0.39 is 0 Å². The summed E-state index contributed by atoms with van der Waals surface area (Å²) >= 11 is 0. The van der Waals surface area contributed by atoms with Crippen molar-refractivity contribution < 1.29 is 0 Å². The fourth-order valence-electron chi connectivity index (χ4n) is 12.0. The van der Waals surface area contributed by atoms with E-state index in [1.54, 1.807) is 0 Å². The molecule has 0 atom stereocenters. The van der Waals surface area contributed by atoms with Crippen LogP contribution in [0.4, 0.5) is 0 Å². The Morgan fingerprint density at radius 2 is 1.01 bits per heavy atom. The number of para-hydroxylation sites is 2. The highest BCUT2D eigenvalue weighted by atomic mass is 14.9. The number of rotatable bonds is 6. The van der Waals surface area contributed by atoms with Crippen molar-refractivity contribution in [2.45, 2.75) is 58.8 Å². The maximum Gasteiger partial charge on any atom is 0.160 e. The molecular formula is C71H56N4. The van der Waals surface area contributed by atoms with Gasteiger partial charge in [0.1, 0.15) is 0 Å². The van der Waals surface area contributed by atoms with Crippen molar-refractivity contribution in [3.8, 4) is 78.3 Å². The van der Waals surface area contributed by atoms with Gasteiger partial charge in [0.2, 0.25) is 0 Å². The summed E-state index contributed by atoms with van der Waals surface area (Å²) in [6, 6.07) is 62.2. The van der Waals surface area contributed by atoms with E-state index in [1.807, 2.05) is 24.5 Å². The van der Waals surface area contributed by atoms with Gasteiger partial charge in [0.05, 0.1) is 22.2 Å². The van der Waals surface area contributed by atoms with Crippen LogP contribution in [0, 0.1) is 13.8 Å². The number of nitrogens with zero attached hydrogens (tertiary/aromatic N) is 4. The Labute approximate surface area is 439 Å². The van der Waals surface area contributed by atoms with Gasteiger partial charge in [0.25, 0.3) is 0 Å². The third kappa shape index (κ3) is 7.66. The Morgan fingerprint density at radius 3 is 1.72 bits per heavy atom. The summed E-state index contributed by atoms with van der Waals surface area (Å²) in [7, 11) is 0. The molecular weight excluding hydrogens is 909 g/mol. The summed E-state index contributed by atoms with van der Waals surface area (Å²) in [6.45, 7) is 18.3. The SMILES string of the molecule is C=C1/C=C\C=C/Cc2ccc(-c3cc(-c4ccc5c(c4)C(C)(C)c4ccccc4-5)cc4c(-c5ccc(-c6cccc7cccnc67)cc5C)nc(-c5ccc(-c6cccc7cccnc67)cc5C)nc34)cc2C1(C)C. The van der Waals surface area contributed by atoms with E-state index >= 15 is 0 Å². The Balaban J connectivity index is 1.08. The van der Waals surface area contributed by atoms with E-state index in [-0.39, 0.29) is 10.8 Å². The van der Waals surface area contributed by atoms with Crippen LogP contribution in [0.1, 0.15) is 61.1 Å². The maximum atomic E-state index is 5.73. The molecule has 8 aromatic carbocycles. The predicted molar refractivity (Wildman–Crippen MR) is 314 cm³/mol. The van der Waals surface area contributed by atoms with E-state index in [0.29, 0.717) is 5.82 Å². The van der Waals surface area contributed by atoms with Crippen molar-refractivity contribution in [2.24, 2.45) is 0 Å². The molecule has 3 aromatic heterocycles. The van der Waals surface area contributed by atoms with Crippen LogP contribution in [0.15, 0.2) is 219 Å². The minimum Gasteiger partial charge on any atom is -0.256 e. The zero-order valence-corrected chi connectivity index (χ0v) is 43.3. The molecule has 75 heavy (non-hydrogen) atoms. The highest BCUT2D eigenvalue weighted by Gasteiger charge is 2.35. The number of pyridine rings is 2. The first-order valence-corrected chi connectivity index (χ1v) is 26.1. The lowest BCUT2D eigenvalue weighted by atomic mass is 9.74. The van der Waals surface area contributed by atoms with Gasteiger partial charge in [-0.25, -0.2) is 9.97 Å². The molecule has 2 aliphatic carbocycles. The van der Waals surface area contributed by atoms with Crippen LogP contribution in [-0.2, 0) is 17.3 Å². The molecule has 11 aromatic rings. The van der Waals surface area contributed by atoms with Crippen LogP contribution in [-0.4, -0.2) is 19.9 Å². The second-order valence-corrected chi connectivity index (χ2v) is 21.6. The van der Waals surface area contributed by atoms with Crippen LogP contribution in [0.3, 0.4) is 0 Å². The van der Waals surface area contributed by atoms with E-state index in [4.69, 9.17) is 19.9 Å². The lowest BCUT2D eigenvalue weighted by molar-refractivity contribution is 0.635. The lowest BCUT2D eigenvalue weighted by Crippen LogP contribution is -2.20. The van der Waals surface area contributed by atoms with Crippen LogP contribution in [0.25, 0.3) is 111 Å². The standard InChI is InChI=1S/C71H56N4/c1-43-37-50(56-24-13-19-47-21-15-35-72-65(47)56)30-32-54(43)67-61-40-53(49-29-34-59-58-23-11-12-26-62(58)71(6,7)64(59)41-49)39-60(52-28-27-46-18-10-8-9-17-45(3)70(4,5)63(46)42-52)68(61)75-69(74-67)55-33-31-51(38-44(55)2)57-25-14-20-48-22-16-36-73-66(48)57/h8-17,19-42H,3,18H2,1-2,4-7H3/b10-8-,17-9-. The summed E-state index contributed by atoms with van der Waals surface area (Å²) in [5, 5.41) is 3.22. The van der Waals surface area contributed by atoms with Crippen molar-refractivity contribution in [3.05, 3.63) is 252 Å². The van der Waals surface area contributed by atoms with E-state index in [0.717, 1.165) is 117 Å². The van der Waals surface area contributed by atoms with Crippen molar-refractivity contribution in [1.82, 2.24) is 19.9 Å². The quantitative estimate of drug-likeness (QED) is 0.167. The number of benzene rings is 8. The summed E-state index contributed by atoms with van der Waals surface area (Å²) < 4.78 is 0. The Morgan fingerprint density at radius 1 is 0.427 bits per heavy atom. The summed E-state index contributed by atoms with van der Waals surface area (Å²) in [4.78, 5) is 21.1. The first kappa shape index (κ1) is 46.0. The van der Waals surface area contributed by atoms with Gasteiger partial charge < -0.3 is 0 Å². The zero-order chi connectivity index (χ0) is 51.2. The highest BCUT2D eigenvalue weighted by molar-refractivity contribution is 6.06. The normalized spacial score (nSPS) is 15.2. The number of aromatic nitrogens is 4. The second kappa shape index (κ2) is 17.7. The fourth-order valence-corrected chi connectivity index (χ4v) is 12.0. The lowest BCUT2D eigenvalue weighted by Gasteiger charge is -2.29. The molecule has 0 saturated heterocycles. The van der Waals surface area contributed by atoms with Crippen LogP contribution < -0.4 is 0 Å². The first-order valence-electron chi connectivity index (χ1n) is 26.1. The minimum atomic E-state index is -0.329. The predicted octanol–water partition coefficient (Wildman–Crippen LogP) is 18.2. The fraction of sp³-hybridized carbons (Fsp3) is 0.127. The van der Waals surface area contributed by atoms with Crippen LogP contribution in [0.2, 0.25) is 0 Å². The van der Waals surface area contributed by atoms with Gasteiger partial charge in [-0.1, -0.05) is 192 Å². The molecule has 4 heteroatoms. The summed E-state index contributed by atoms with van der Waals surface area (Å²) in [6.07, 6.45) is 13.2. The van der Waals surface area contributed by atoms with E-state index in [1.165, 1.54) is 33.4 Å². The molecule has 0 fully saturated rings. The van der Waals surface area contributed by atoms with Gasteiger partial charge >= 0.3 is 0 Å². The molecule has 0 radical (unpaired) electrons. The van der Waals surface area contributed by atoms with Crippen LogP contribution in [0.5, 0.6) is 0 Å². The van der Waals surface area contributed by atoms with Crippen molar-refractivity contribution >= 4 is 32.7 Å². The molecule has 0 amide bonds. The van der Waals surface area contributed by atoms with Crippen molar-refractivity contribution in [1.29, 1.82) is 0 Å². The monoisotopic (exact) mass is 964 g/mol. The van der Waals surface area contributed by atoms with Gasteiger partial charge in [-0.2, -0.15) is 0 Å². The number of allylic oxidation sites excluding steroid dienone is 5. The Hall–Kier alpha value is -8.86. The van der Waals surface area contributed by atoms with Crippen LogP contribution >= 0.6 is 0 Å². The number of aryl methyl sites for hydroxylation is 2. The smallest absolute Gasteiger partial charge is 0.160 e. The highest BCUT2D eigenvalue weighted by Crippen LogP contribution is 2.51. The summed E-state index contributed by atoms with van der Waals surface area (Å²) in [5.41, 5.74) is 25.3. The first-order chi connectivity index (χ1) is 36.4. The average Bonchev–Trinajstić information content (AvgIpc) is 3.76. The number of fused-ring (bicyclic) bond motifs is 7. The van der Waals surface area contributed by atoms with E-state index in [2.05, 4.69) is 230 Å². The molecule has 360 valence electrons. The molecule has 2 aliphatic rings. The molecule has 3 heterocycles. The third-order valence-electron chi connectivity index (χ3n) is 16.3. The second-order valence-electron chi connectivity index (χ2n) is 21.6. The molecule has 0 bridgehead atoms. The van der Waals surface area contributed by atoms with Gasteiger partial charge in [-0.05, 0) is 135 Å². The molecule has 0 unspecified atom stereocenters. The Bertz CT molecular complexity index is 4250. The van der Waals surface area contributed by atoms with Gasteiger partial charge in [0, 0.05) is 67.2 Å². The van der Waals surface area contributed by atoms with Gasteiger partial charge in [-0.15, -0.1) is 0 Å². The molecule has 4 nitrogen and oxygen atoms in total. The topological polar surface area (TPSA) is 51.6 Å². The maximum absolute atomic E-state index is 5.73. The third-order valence-corrected chi connectivity index (χ3v) is 16.3. The molecule has 0 aliphatic heterocycles. The van der Waals surface area contributed by atoms with Crippen molar-refractivity contribution in [3.63, 3.8) is 0 Å².